The molecule has 0 radical (unpaired) electrons. The van der Waals surface area contributed by atoms with Crippen LogP contribution in [-0.2, 0) is 0 Å². The predicted octanol–water partition coefficient (Wildman–Crippen LogP) is 5.74. The maximum atomic E-state index is 5.30. The fourth-order valence-electron chi connectivity index (χ4n) is 3.96. The first-order chi connectivity index (χ1) is 14.8. The molecule has 30 heavy (non-hydrogen) atoms. The van der Waals surface area contributed by atoms with Gasteiger partial charge < -0.3 is 9.40 Å². The zero-order valence-corrected chi connectivity index (χ0v) is 16.2. The quantitative estimate of drug-likeness (QED) is 0.403. The number of benzene rings is 1. The van der Waals surface area contributed by atoms with Gasteiger partial charge in [0.25, 0.3) is 0 Å². The second kappa shape index (κ2) is 6.42. The van der Waals surface area contributed by atoms with Crippen LogP contribution in [0.4, 0.5) is 0 Å². The first-order valence-electron chi connectivity index (χ1n) is 9.68. The van der Waals surface area contributed by atoms with E-state index in [-0.39, 0.29) is 0 Å². The number of fused-ring (bicyclic) bond motifs is 2. The average molecular weight is 391 g/mol. The first kappa shape index (κ1) is 16.7. The molecule has 0 amide bonds. The molecule has 0 bridgehead atoms. The number of aryl methyl sites for hydroxylation is 1. The van der Waals surface area contributed by atoms with Gasteiger partial charge in [0.05, 0.1) is 35.6 Å². The highest BCUT2D eigenvalue weighted by Gasteiger charge is 2.16. The van der Waals surface area contributed by atoms with E-state index >= 15 is 0 Å². The summed E-state index contributed by atoms with van der Waals surface area (Å²) in [7, 11) is 0. The lowest BCUT2D eigenvalue weighted by molar-refractivity contribution is 0.568. The molecule has 144 valence electrons. The van der Waals surface area contributed by atoms with Crippen molar-refractivity contribution in [2.45, 2.75) is 6.92 Å². The fourth-order valence-corrected chi connectivity index (χ4v) is 3.96. The van der Waals surface area contributed by atoms with Gasteiger partial charge in [-0.15, -0.1) is 0 Å². The van der Waals surface area contributed by atoms with Crippen LogP contribution in [0.3, 0.4) is 0 Å². The van der Waals surface area contributed by atoms with Crippen LogP contribution in [0, 0.1) is 6.92 Å². The molecule has 6 nitrogen and oxygen atoms in total. The molecular weight excluding hydrogens is 374 g/mol. The van der Waals surface area contributed by atoms with Crippen LogP contribution in [0.5, 0.6) is 0 Å². The number of hydrogen-bond acceptors (Lipinski definition) is 4. The van der Waals surface area contributed by atoms with Gasteiger partial charge in [0, 0.05) is 39.8 Å². The summed E-state index contributed by atoms with van der Waals surface area (Å²) < 4.78 is 5.30. The van der Waals surface area contributed by atoms with Crippen LogP contribution in [0.2, 0.25) is 0 Å². The van der Waals surface area contributed by atoms with Gasteiger partial charge in [-0.1, -0.05) is 12.1 Å². The summed E-state index contributed by atoms with van der Waals surface area (Å²) in [6.45, 7) is 2.11. The van der Waals surface area contributed by atoms with Crippen molar-refractivity contribution in [3.8, 4) is 33.8 Å². The van der Waals surface area contributed by atoms with Crippen molar-refractivity contribution in [2.24, 2.45) is 0 Å². The summed E-state index contributed by atoms with van der Waals surface area (Å²) in [6.07, 6.45) is 8.84. The maximum absolute atomic E-state index is 5.30. The van der Waals surface area contributed by atoms with E-state index in [4.69, 9.17) is 4.42 Å². The van der Waals surface area contributed by atoms with Crippen molar-refractivity contribution in [1.29, 1.82) is 0 Å². The molecule has 0 aliphatic heterocycles. The molecule has 0 aliphatic carbocycles. The van der Waals surface area contributed by atoms with Crippen LogP contribution in [0.15, 0.2) is 78.0 Å². The van der Waals surface area contributed by atoms with Gasteiger partial charge in [0.1, 0.15) is 5.69 Å². The molecule has 6 heteroatoms. The third-order valence-corrected chi connectivity index (χ3v) is 5.51. The zero-order chi connectivity index (χ0) is 20.1. The van der Waals surface area contributed by atoms with Crippen molar-refractivity contribution < 1.29 is 4.42 Å². The minimum atomic E-state index is 0.872. The van der Waals surface area contributed by atoms with E-state index in [1.54, 1.807) is 24.9 Å². The van der Waals surface area contributed by atoms with Crippen molar-refractivity contribution in [3.05, 3.63) is 79.1 Å². The Bertz CT molecular complexity index is 1490. The molecule has 0 fully saturated rings. The van der Waals surface area contributed by atoms with Gasteiger partial charge in [0.2, 0.25) is 0 Å². The van der Waals surface area contributed by atoms with Crippen LogP contribution in [-0.4, -0.2) is 25.1 Å². The van der Waals surface area contributed by atoms with E-state index in [2.05, 4.69) is 56.3 Å². The third kappa shape index (κ3) is 2.54. The smallest absolute Gasteiger partial charge is 0.116 e. The minimum Gasteiger partial charge on any atom is -0.472 e. The molecule has 0 aliphatic rings. The van der Waals surface area contributed by atoms with Crippen LogP contribution in [0.25, 0.3) is 55.6 Å². The van der Waals surface area contributed by atoms with E-state index in [9.17, 15) is 0 Å². The summed E-state index contributed by atoms with van der Waals surface area (Å²) in [4.78, 5) is 12.2. The second-order valence-electron chi connectivity index (χ2n) is 7.34. The number of hydrogen-bond donors (Lipinski definition) is 2. The average Bonchev–Trinajstić information content (AvgIpc) is 3.53. The largest absolute Gasteiger partial charge is 0.472 e. The molecule has 0 saturated carbocycles. The Morgan fingerprint density at radius 2 is 1.83 bits per heavy atom. The summed E-state index contributed by atoms with van der Waals surface area (Å²) in [5.41, 5.74) is 9.11. The van der Waals surface area contributed by atoms with Gasteiger partial charge in [0.15, 0.2) is 0 Å². The predicted molar refractivity (Wildman–Crippen MR) is 117 cm³/mol. The molecule has 0 saturated heterocycles. The van der Waals surface area contributed by atoms with E-state index < -0.39 is 0 Å². The van der Waals surface area contributed by atoms with E-state index in [0.717, 1.165) is 55.6 Å². The maximum Gasteiger partial charge on any atom is 0.116 e. The minimum absolute atomic E-state index is 0.872. The Morgan fingerprint density at radius 3 is 2.67 bits per heavy atom. The molecule has 2 N–H and O–H groups in total. The van der Waals surface area contributed by atoms with E-state index in [0.29, 0.717) is 0 Å². The number of aromatic amines is 2. The van der Waals surface area contributed by atoms with Crippen LogP contribution < -0.4 is 0 Å². The highest BCUT2D eigenvalue weighted by Crippen LogP contribution is 2.36. The lowest BCUT2D eigenvalue weighted by Gasteiger charge is -2.02. The van der Waals surface area contributed by atoms with E-state index in [1.165, 1.54) is 5.56 Å². The molecule has 0 spiro atoms. The number of nitrogens with zero attached hydrogens (tertiary/aromatic N) is 3. The monoisotopic (exact) mass is 391 g/mol. The first-order valence-corrected chi connectivity index (χ1v) is 9.68. The van der Waals surface area contributed by atoms with E-state index in [1.807, 2.05) is 24.4 Å². The Morgan fingerprint density at radius 1 is 0.933 bits per heavy atom. The third-order valence-electron chi connectivity index (χ3n) is 5.51. The fraction of sp³-hybridized carbons (Fsp3) is 0.0417. The number of aromatic nitrogens is 5. The van der Waals surface area contributed by atoms with Gasteiger partial charge in [-0.25, -0.2) is 0 Å². The number of H-pyrrole nitrogens is 2. The van der Waals surface area contributed by atoms with Crippen molar-refractivity contribution in [1.82, 2.24) is 25.1 Å². The van der Waals surface area contributed by atoms with Crippen molar-refractivity contribution in [2.75, 3.05) is 0 Å². The molecule has 1 aromatic carbocycles. The molecular formula is C24H17N5O. The van der Waals surface area contributed by atoms with Crippen molar-refractivity contribution in [3.63, 3.8) is 0 Å². The number of furan rings is 1. The van der Waals surface area contributed by atoms with Gasteiger partial charge >= 0.3 is 0 Å². The van der Waals surface area contributed by atoms with Crippen LogP contribution >= 0.6 is 0 Å². The molecule has 6 aromatic rings. The standard InChI is InChI=1S/C24H17N5O/c1-14-2-3-17(16-6-9-30-13-16)18-10-21(27-23(14)18)24-19-11-20(15-4-7-25-8-5-15)26-12-22(19)28-29-24/h2-13,27H,1H3,(H,28,29). The highest BCUT2D eigenvalue weighted by molar-refractivity contribution is 6.02. The van der Waals surface area contributed by atoms with Gasteiger partial charge in [-0.2, -0.15) is 5.10 Å². The summed E-state index contributed by atoms with van der Waals surface area (Å²) in [5.74, 6) is 0. The Balaban J connectivity index is 1.55. The van der Waals surface area contributed by atoms with Crippen LogP contribution in [0.1, 0.15) is 5.56 Å². The Kier molecular flexibility index (Phi) is 3.58. The molecule has 5 heterocycles. The lowest BCUT2D eigenvalue weighted by atomic mass is 10.0. The summed E-state index contributed by atoms with van der Waals surface area (Å²) in [6, 6.07) is 14.4. The Labute approximate surface area is 171 Å². The summed E-state index contributed by atoms with van der Waals surface area (Å²) in [5, 5.41) is 9.86. The lowest BCUT2D eigenvalue weighted by Crippen LogP contribution is -1.84. The van der Waals surface area contributed by atoms with Crippen molar-refractivity contribution >= 4 is 21.8 Å². The molecule has 0 unspecified atom stereocenters. The number of nitrogens with one attached hydrogen (secondary N) is 2. The molecule has 5 aromatic heterocycles. The Hall–Kier alpha value is -4.19. The SMILES string of the molecule is Cc1ccc(-c2ccoc2)c2cc(-c3n[nH]c4cnc(-c5ccncc5)cc34)[nH]c12. The highest BCUT2D eigenvalue weighted by atomic mass is 16.3. The molecule has 6 rings (SSSR count). The number of rotatable bonds is 3. The topological polar surface area (TPSA) is 83.4 Å². The van der Waals surface area contributed by atoms with Gasteiger partial charge in [-0.3, -0.25) is 15.1 Å². The normalized spacial score (nSPS) is 11.5. The molecule has 0 atom stereocenters. The number of pyridine rings is 2. The van der Waals surface area contributed by atoms with Gasteiger partial charge in [-0.05, 0) is 48.4 Å². The second-order valence-corrected chi connectivity index (χ2v) is 7.34. The zero-order valence-electron chi connectivity index (χ0n) is 16.2. The summed E-state index contributed by atoms with van der Waals surface area (Å²) >= 11 is 0.